The largest absolute Gasteiger partial charge is 0.440 e. The van der Waals surface area contributed by atoms with Crippen molar-refractivity contribution in [1.82, 2.24) is 14.8 Å². The SMILES string of the molecule is CN(C(=O)OCC(F)(F)F)[C@@H]1CN(C(=O)C2CCN(c3ccc(C#N)cn3)CC2)C[C@H]1c1ccc(Cl)cc1. The number of ether oxygens (including phenoxy) is 1. The van der Waals surface area contributed by atoms with Crippen LogP contribution in [0.4, 0.5) is 23.8 Å². The van der Waals surface area contributed by atoms with Crippen molar-refractivity contribution in [2.45, 2.75) is 31.0 Å². The second-order valence-electron chi connectivity index (χ2n) is 9.53. The van der Waals surface area contributed by atoms with Gasteiger partial charge in [0.15, 0.2) is 6.61 Å². The Hall–Kier alpha value is -3.52. The molecular formula is C26H27ClF3N5O3. The van der Waals surface area contributed by atoms with Gasteiger partial charge in [-0.05, 0) is 42.7 Å². The van der Waals surface area contributed by atoms with Gasteiger partial charge >= 0.3 is 12.3 Å². The van der Waals surface area contributed by atoms with Crippen molar-refractivity contribution in [3.05, 3.63) is 58.7 Å². The number of pyridine rings is 1. The van der Waals surface area contributed by atoms with Crippen LogP contribution in [0, 0.1) is 17.2 Å². The van der Waals surface area contributed by atoms with Crippen LogP contribution in [0.15, 0.2) is 42.6 Å². The van der Waals surface area contributed by atoms with Crippen LogP contribution < -0.4 is 4.90 Å². The zero-order chi connectivity index (χ0) is 27.4. The number of carbonyl (C=O) groups excluding carboxylic acids is 2. The van der Waals surface area contributed by atoms with Crippen LogP contribution in [0.2, 0.25) is 5.02 Å². The fourth-order valence-corrected chi connectivity index (χ4v) is 5.16. The standard InChI is InChI=1S/C26H27ClF3N5O3/c1-33(25(37)38-16-26(28,29)30)22-15-35(14-21(22)18-3-5-20(27)6-4-18)24(36)19-8-10-34(11-9-19)23-7-2-17(12-31)13-32-23/h2-7,13,19,21-22H,8-11,14-16H2,1H3/t21-,22+/m0/s1. The molecule has 0 radical (unpaired) electrons. The third-order valence-electron chi connectivity index (χ3n) is 7.09. The molecule has 12 heteroatoms. The Morgan fingerprint density at radius 2 is 1.84 bits per heavy atom. The summed E-state index contributed by atoms with van der Waals surface area (Å²) in [5, 5.41) is 9.48. The number of likely N-dealkylation sites (tertiary alicyclic amines) is 1. The van der Waals surface area contributed by atoms with E-state index in [1.165, 1.54) is 13.2 Å². The van der Waals surface area contributed by atoms with E-state index in [-0.39, 0.29) is 24.3 Å². The maximum Gasteiger partial charge on any atom is 0.422 e. The van der Waals surface area contributed by atoms with Gasteiger partial charge in [-0.15, -0.1) is 0 Å². The van der Waals surface area contributed by atoms with Crippen LogP contribution in [0.1, 0.15) is 29.9 Å². The summed E-state index contributed by atoms with van der Waals surface area (Å²) >= 11 is 6.03. The lowest BCUT2D eigenvalue weighted by molar-refractivity contribution is -0.162. The van der Waals surface area contributed by atoms with E-state index >= 15 is 0 Å². The molecule has 2 aliphatic rings. The molecule has 3 heterocycles. The number of halogens is 4. The number of rotatable bonds is 5. The van der Waals surface area contributed by atoms with E-state index in [2.05, 4.69) is 14.6 Å². The first-order valence-corrected chi connectivity index (χ1v) is 12.5. The van der Waals surface area contributed by atoms with E-state index in [4.69, 9.17) is 16.9 Å². The molecule has 2 aromatic rings. The molecule has 0 bridgehead atoms. The Morgan fingerprint density at radius 3 is 2.42 bits per heavy atom. The van der Waals surface area contributed by atoms with Crippen LogP contribution in [-0.4, -0.2) is 78.8 Å². The minimum Gasteiger partial charge on any atom is -0.440 e. The number of anilines is 1. The Balaban J connectivity index is 1.43. The highest BCUT2D eigenvalue weighted by Gasteiger charge is 2.43. The molecule has 2 saturated heterocycles. The summed E-state index contributed by atoms with van der Waals surface area (Å²) in [7, 11) is 1.39. The summed E-state index contributed by atoms with van der Waals surface area (Å²) in [6.45, 7) is 0.0675. The van der Waals surface area contributed by atoms with Crippen LogP contribution in [0.5, 0.6) is 0 Å². The zero-order valence-corrected chi connectivity index (χ0v) is 21.5. The Labute approximate surface area is 223 Å². The first kappa shape index (κ1) is 27.5. The molecule has 0 N–H and O–H groups in total. The Morgan fingerprint density at radius 1 is 1.16 bits per heavy atom. The minimum atomic E-state index is -4.63. The molecule has 0 aliphatic carbocycles. The number of aromatic nitrogens is 1. The molecule has 8 nitrogen and oxygen atoms in total. The fourth-order valence-electron chi connectivity index (χ4n) is 5.03. The van der Waals surface area contributed by atoms with Crippen molar-refractivity contribution in [2.24, 2.45) is 5.92 Å². The average molecular weight is 550 g/mol. The lowest BCUT2D eigenvalue weighted by atomic mass is 9.93. The average Bonchev–Trinajstić information content (AvgIpc) is 3.36. The van der Waals surface area contributed by atoms with E-state index in [9.17, 15) is 22.8 Å². The highest BCUT2D eigenvalue weighted by molar-refractivity contribution is 6.30. The summed E-state index contributed by atoms with van der Waals surface area (Å²) in [4.78, 5) is 35.2. The van der Waals surface area contributed by atoms with Gasteiger partial charge in [-0.2, -0.15) is 18.4 Å². The van der Waals surface area contributed by atoms with Gasteiger partial charge in [-0.3, -0.25) is 4.79 Å². The van der Waals surface area contributed by atoms with Gasteiger partial charge in [0.25, 0.3) is 0 Å². The molecule has 2 fully saturated rings. The van der Waals surface area contributed by atoms with Crippen molar-refractivity contribution in [3.8, 4) is 6.07 Å². The second kappa shape index (κ2) is 11.5. The lowest BCUT2D eigenvalue weighted by Gasteiger charge is -2.34. The van der Waals surface area contributed by atoms with Crippen LogP contribution in [-0.2, 0) is 9.53 Å². The number of likely N-dealkylation sites (N-methyl/N-ethyl adjacent to an activating group) is 1. The normalized spacial score (nSPS) is 20.2. The number of nitrogens with zero attached hydrogens (tertiary/aromatic N) is 5. The van der Waals surface area contributed by atoms with E-state index in [1.807, 2.05) is 6.07 Å². The van der Waals surface area contributed by atoms with Crippen LogP contribution in [0.3, 0.4) is 0 Å². The quantitative estimate of drug-likeness (QED) is 0.547. The first-order valence-electron chi connectivity index (χ1n) is 12.2. The van der Waals surface area contributed by atoms with Gasteiger partial charge in [0.1, 0.15) is 11.9 Å². The number of nitriles is 1. The number of carbonyl (C=O) groups is 2. The number of hydrogen-bond acceptors (Lipinski definition) is 6. The molecule has 4 rings (SSSR count). The topological polar surface area (TPSA) is 89.8 Å². The van der Waals surface area contributed by atoms with Crippen molar-refractivity contribution in [2.75, 3.05) is 44.7 Å². The third-order valence-corrected chi connectivity index (χ3v) is 7.34. The molecule has 38 heavy (non-hydrogen) atoms. The number of benzene rings is 1. The predicted molar refractivity (Wildman–Crippen MR) is 134 cm³/mol. The molecule has 2 atom stereocenters. The fraction of sp³-hybridized carbons (Fsp3) is 0.462. The van der Waals surface area contributed by atoms with Crippen LogP contribution >= 0.6 is 11.6 Å². The monoisotopic (exact) mass is 549 g/mol. The second-order valence-corrected chi connectivity index (χ2v) is 9.96. The van der Waals surface area contributed by atoms with E-state index < -0.39 is 24.9 Å². The summed E-state index contributed by atoms with van der Waals surface area (Å²) in [6, 6.07) is 12.0. The summed E-state index contributed by atoms with van der Waals surface area (Å²) < 4.78 is 42.3. The first-order chi connectivity index (χ1) is 18.1. The number of hydrogen-bond donors (Lipinski definition) is 0. The lowest BCUT2D eigenvalue weighted by Crippen LogP contribution is -2.45. The summed E-state index contributed by atoms with van der Waals surface area (Å²) in [6.07, 6.45) is -2.99. The van der Waals surface area contributed by atoms with E-state index in [1.54, 1.807) is 41.3 Å². The van der Waals surface area contributed by atoms with Gasteiger partial charge in [0.2, 0.25) is 5.91 Å². The summed E-state index contributed by atoms with van der Waals surface area (Å²) in [5.74, 6) is 0.160. The summed E-state index contributed by atoms with van der Waals surface area (Å²) in [5.41, 5.74) is 1.30. The van der Waals surface area contributed by atoms with Gasteiger partial charge in [-0.25, -0.2) is 9.78 Å². The van der Waals surface area contributed by atoms with Gasteiger partial charge in [0.05, 0.1) is 11.6 Å². The molecule has 1 aromatic heterocycles. The molecule has 0 saturated carbocycles. The minimum absolute atomic E-state index is 0.0454. The molecule has 0 unspecified atom stereocenters. The van der Waals surface area contributed by atoms with Gasteiger partial charge in [-0.1, -0.05) is 23.7 Å². The molecule has 0 spiro atoms. The maximum atomic E-state index is 13.5. The maximum absolute atomic E-state index is 13.5. The number of alkyl halides is 3. The number of amides is 2. The molecular weight excluding hydrogens is 523 g/mol. The van der Waals surface area contributed by atoms with Gasteiger partial charge in [0, 0.05) is 56.3 Å². The van der Waals surface area contributed by atoms with Gasteiger partial charge < -0.3 is 19.4 Å². The zero-order valence-electron chi connectivity index (χ0n) is 20.7. The smallest absolute Gasteiger partial charge is 0.422 e. The third kappa shape index (κ3) is 6.48. The molecule has 1 aromatic carbocycles. The highest BCUT2D eigenvalue weighted by atomic mass is 35.5. The van der Waals surface area contributed by atoms with Crippen molar-refractivity contribution < 1.29 is 27.5 Å². The number of piperidine rings is 1. The van der Waals surface area contributed by atoms with Crippen molar-refractivity contribution in [1.29, 1.82) is 5.26 Å². The Kier molecular flexibility index (Phi) is 8.31. The predicted octanol–water partition coefficient (Wildman–Crippen LogP) is 4.45. The Bertz CT molecular complexity index is 1180. The van der Waals surface area contributed by atoms with E-state index in [0.717, 1.165) is 16.3 Å². The van der Waals surface area contributed by atoms with Crippen molar-refractivity contribution in [3.63, 3.8) is 0 Å². The molecule has 2 aliphatic heterocycles. The van der Waals surface area contributed by atoms with Crippen molar-refractivity contribution >= 4 is 29.4 Å². The molecule has 202 valence electrons. The van der Waals surface area contributed by atoms with E-state index in [0.29, 0.717) is 43.1 Å². The van der Waals surface area contributed by atoms with Crippen LogP contribution in [0.25, 0.3) is 0 Å². The highest BCUT2D eigenvalue weighted by Crippen LogP contribution is 2.34. The molecule has 2 amide bonds.